The molecule has 3 heterocycles. The minimum Gasteiger partial charge on any atom is -0.477 e. The zero-order chi connectivity index (χ0) is 78.1. The van der Waals surface area contributed by atoms with E-state index in [0.717, 1.165) is 58.3 Å². The Morgan fingerprint density at radius 1 is 0.477 bits per heavy atom. The predicted octanol–water partition coefficient (Wildman–Crippen LogP) is 12.9. The lowest BCUT2D eigenvalue weighted by molar-refractivity contribution is -0.386. The van der Waals surface area contributed by atoms with E-state index in [4.69, 9.17) is 28.4 Å². The van der Waals surface area contributed by atoms with E-state index in [1.165, 1.54) is 263 Å². The van der Waals surface area contributed by atoms with Crippen LogP contribution in [0.25, 0.3) is 0 Å². The van der Waals surface area contributed by atoms with E-state index in [1.807, 2.05) is 0 Å². The number of carboxylic acids is 1. The van der Waals surface area contributed by atoms with Crippen molar-refractivity contribution in [3.8, 4) is 0 Å². The second-order valence-electron chi connectivity index (χ2n) is 31.8. The molecule has 3 saturated heterocycles. The molecule has 107 heavy (non-hydrogen) atoms. The molecule has 0 spiro atoms. The summed E-state index contributed by atoms with van der Waals surface area (Å²) in [6.07, 6.45) is 40.8. The lowest BCUT2D eigenvalue weighted by Crippen LogP contribution is -2.70. The third kappa shape index (κ3) is 42.4. The average Bonchev–Trinajstić information content (AvgIpc) is 0.754. The molecular weight excluding hydrogens is 1370 g/mol. The highest BCUT2D eigenvalue weighted by Crippen LogP contribution is 2.39. The Morgan fingerprint density at radius 2 is 0.869 bits per heavy atom. The predicted molar refractivity (Wildman–Crippen MR) is 417 cm³/mol. The first-order valence-corrected chi connectivity index (χ1v) is 43.5. The first-order chi connectivity index (χ1) is 51.9. The Hall–Kier alpha value is -2.53. The number of amides is 2. The quantitative estimate of drug-likeness (QED) is 0.0199. The van der Waals surface area contributed by atoms with E-state index in [2.05, 4.69) is 36.6 Å². The van der Waals surface area contributed by atoms with Gasteiger partial charge in [-0.1, -0.05) is 321 Å². The topological polar surface area (TPSA) is 373 Å². The van der Waals surface area contributed by atoms with Crippen molar-refractivity contribution in [2.24, 2.45) is 0 Å². The van der Waals surface area contributed by atoms with Crippen LogP contribution in [0.15, 0.2) is 12.2 Å². The van der Waals surface area contributed by atoms with Crippen molar-refractivity contribution < 1.29 is 104 Å². The van der Waals surface area contributed by atoms with Gasteiger partial charge < -0.3 is 100 Å². The first kappa shape index (κ1) is 98.7. The van der Waals surface area contributed by atoms with Gasteiger partial charge in [-0.3, -0.25) is 9.59 Å². The number of aliphatic hydroxyl groups excluding tert-OH is 11. The van der Waals surface area contributed by atoms with Gasteiger partial charge in [-0.2, -0.15) is 0 Å². The molecule has 0 saturated carbocycles. The van der Waals surface area contributed by atoms with Crippen molar-refractivity contribution in [1.82, 2.24) is 10.6 Å². The summed E-state index contributed by atoms with van der Waals surface area (Å²) in [6, 6.07) is -2.53. The van der Waals surface area contributed by atoms with Crippen molar-refractivity contribution in [3.63, 3.8) is 0 Å². The van der Waals surface area contributed by atoms with E-state index >= 15 is 0 Å². The Labute approximate surface area is 645 Å². The van der Waals surface area contributed by atoms with Crippen LogP contribution in [0.3, 0.4) is 0 Å². The van der Waals surface area contributed by atoms with Crippen molar-refractivity contribution in [2.45, 2.75) is 477 Å². The number of carbonyl (C=O) groups is 3. The van der Waals surface area contributed by atoms with Gasteiger partial charge in [0.15, 0.2) is 12.6 Å². The number of unbranched alkanes of at least 4 members (excludes halogenated alkanes) is 48. The number of aliphatic carboxylic acids is 1. The highest BCUT2D eigenvalue weighted by molar-refractivity contribution is 5.77. The highest BCUT2D eigenvalue weighted by Gasteiger charge is 2.60. The molecular formula is C84H158N2O21. The van der Waals surface area contributed by atoms with Crippen LogP contribution in [0.2, 0.25) is 0 Å². The van der Waals surface area contributed by atoms with E-state index in [9.17, 15) is 75.7 Å². The number of aliphatic hydroxyl groups is 11. The van der Waals surface area contributed by atoms with Gasteiger partial charge in [-0.05, 0) is 38.5 Å². The molecule has 0 bridgehead atoms. The third-order valence-electron chi connectivity index (χ3n) is 22.2. The summed E-state index contributed by atoms with van der Waals surface area (Å²) < 4.78 is 35.0. The van der Waals surface area contributed by atoms with Crippen LogP contribution < -0.4 is 10.6 Å². The maximum atomic E-state index is 13.6. The van der Waals surface area contributed by atoms with Crippen LogP contribution in [-0.2, 0) is 42.8 Å². The minimum atomic E-state index is -3.08. The molecule has 18 unspecified atom stereocenters. The van der Waals surface area contributed by atoms with Gasteiger partial charge in [0.05, 0.1) is 50.7 Å². The highest BCUT2D eigenvalue weighted by atomic mass is 16.8. The second kappa shape index (κ2) is 62.9. The number of carboxylic acid groups (broad SMARTS) is 1. The van der Waals surface area contributed by atoms with Gasteiger partial charge in [0.1, 0.15) is 67.1 Å². The molecule has 3 aliphatic heterocycles. The summed E-state index contributed by atoms with van der Waals surface area (Å²) >= 11 is 0. The fourth-order valence-electron chi connectivity index (χ4n) is 15.4. The summed E-state index contributed by atoms with van der Waals surface area (Å²) in [7, 11) is 0. The average molecular weight is 1530 g/mol. The molecule has 3 aliphatic rings. The first-order valence-electron chi connectivity index (χ1n) is 43.5. The maximum Gasteiger partial charge on any atom is 0.364 e. The molecule has 18 atom stereocenters. The number of hydrogen-bond donors (Lipinski definition) is 14. The minimum absolute atomic E-state index is 0.228. The van der Waals surface area contributed by atoms with E-state index in [1.54, 1.807) is 0 Å². The molecule has 0 aromatic carbocycles. The fourth-order valence-corrected chi connectivity index (χ4v) is 15.4. The van der Waals surface area contributed by atoms with Gasteiger partial charge in [0.25, 0.3) is 5.79 Å². The Morgan fingerprint density at radius 3 is 1.26 bits per heavy atom. The van der Waals surface area contributed by atoms with Crippen molar-refractivity contribution in [3.05, 3.63) is 12.2 Å². The normalized spacial score (nSPS) is 26.0. The molecule has 630 valence electrons. The Bertz CT molecular complexity index is 2170. The van der Waals surface area contributed by atoms with Gasteiger partial charge in [0.2, 0.25) is 11.8 Å². The molecule has 23 heteroatoms. The smallest absolute Gasteiger partial charge is 0.364 e. The molecule has 0 radical (unpaired) electrons. The largest absolute Gasteiger partial charge is 0.477 e. The van der Waals surface area contributed by atoms with Crippen LogP contribution in [-0.4, -0.2) is 215 Å². The van der Waals surface area contributed by atoms with E-state index in [-0.39, 0.29) is 18.9 Å². The van der Waals surface area contributed by atoms with Gasteiger partial charge in [-0.15, -0.1) is 0 Å². The molecule has 23 nitrogen and oxygen atoms in total. The van der Waals surface area contributed by atoms with Crippen molar-refractivity contribution in [2.75, 3.05) is 26.4 Å². The number of ether oxygens (including phenoxy) is 6. The standard InChI is InChI=1S/C84H158N2O21/c1-4-6-8-10-12-14-16-18-20-22-24-25-26-27-28-29-30-31-32-33-34-35-36-37-38-39-40-42-44-46-48-50-52-54-56-58-71(94)86-65(66(91)57-55-53-51-49-47-45-43-41-23-21-19-17-15-13-11-9-7-5-2)63-102-81-76(98)75(97)78(70(62-89)104-81)105-82-77(99)80(74(96)69(61-88)103-82)107-84(83(100)101)59-67(92)72(85-64(3)90)79(106-84)73(95)68(93)60-87/h29-30,65-70,72-82,87-89,91-93,95-99H,4-28,31-63H2,1-3H3,(H,85,90)(H,86,94)(H,100,101)/b30-29-. The van der Waals surface area contributed by atoms with Crippen LogP contribution in [0.1, 0.15) is 367 Å². The van der Waals surface area contributed by atoms with Crippen LogP contribution in [0.4, 0.5) is 0 Å². The Kier molecular flexibility index (Phi) is 58.0. The summed E-state index contributed by atoms with van der Waals surface area (Å²) in [4.78, 5) is 38.8. The monoisotopic (exact) mass is 1530 g/mol. The molecule has 0 aliphatic carbocycles. The maximum absolute atomic E-state index is 13.6. The zero-order valence-corrected chi connectivity index (χ0v) is 67.0. The molecule has 0 aromatic heterocycles. The van der Waals surface area contributed by atoms with E-state index in [0.29, 0.717) is 19.3 Å². The van der Waals surface area contributed by atoms with Crippen molar-refractivity contribution >= 4 is 17.8 Å². The van der Waals surface area contributed by atoms with Gasteiger partial charge in [0, 0.05) is 19.8 Å². The second-order valence-corrected chi connectivity index (χ2v) is 31.8. The van der Waals surface area contributed by atoms with E-state index < -0.39 is 148 Å². The number of carbonyl (C=O) groups excluding carboxylic acids is 2. The zero-order valence-electron chi connectivity index (χ0n) is 67.0. The SMILES string of the molecule is CCCCCCCCCCCCCCCC/C=C\CCCCCCCCCCCCCCCCCCCC(=O)NC(COC1OC(CO)C(OC2OC(CO)C(O)C(OC3(C(=O)O)CC(O)C(NC(C)=O)C(C(O)C(O)CO)O3)C2O)C(O)C1O)C(O)CCCCCCCCCCCCCCCCCCCC. The molecule has 2 amide bonds. The number of allylic oxidation sites excluding steroid dienone is 2. The Balaban J connectivity index is 1.43. The lowest BCUT2D eigenvalue weighted by atomic mass is 9.88. The van der Waals surface area contributed by atoms with Crippen molar-refractivity contribution in [1.29, 1.82) is 0 Å². The summed E-state index contributed by atoms with van der Waals surface area (Å²) in [5.74, 6) is -6.09. The summed E-state index contributed by atoms with van der Waals surface area (Å²) in [5, 5.41) is 137. The molecule has 3 fully saturated rings. The molecule has 14 N–H and O–H groups in total. The van der Waals surface area contributed by atoms with Crippen LogP contribution in [0.5, 0.6) is 0 Å². The molecule has 0 aromatic rings. The lowest BCUT2D eigenvalue weighted by Gasteiger charge is -2.50. The number of hydrogen-bond acceptors (Lipinski definition) is 20. The number of nitrogens with one attached hydrogen (secondary N) is 2. The molecule has 3 rings (SSSR count). The number of rotatable bonds is 70. The summed E-state index contributed by atoms with van der Waals surface area (Å²) in [6.45, 7) is 2.27. The van der Waals surface area contributed by atoms with Crippen LogP contribution >= 0.6 is 0 Å². The van der Waals surface area contributed by atoms with Crippen LogP contribution in [0, 0.1) is 0 Å². The fraction of sp³-hybridized carbons (Fsp3) is 0.940. The third-order valence-corrected chi connectivity index (χ3v) is 22.2. The van der Waals surface area contributed by atoms with Gasteiger partial charge >= 0.3 is 5.97 Å². The summed E-state index contributed by atoms with van der Waals surface area (Å²) in [5.41, 5.74) is 0. The van der Waals surface area contributed by atoms with Gasteiger partial charge in [-0.25, -0.2) is 4.79 Å².